The van der Waals surface area contributed by atoms with Crippen LogP contribution >= 0.6 is 11.6 Å². The number of halogens is 2. The summed E-state index contributed by atoms with van der Waals surface area (Å²) in [5.41, 5.74) is 1.99. The Balaban J connectivity index is 1.80. The Labute approximate surface area is 206 Å². The van der Waals surface area contributed by atoms with Crippen molar-refractivity contribution in [3.63, 3.8) is 0 Å². The van der Waals surface area contributed by atoms with Gasteiger partial charge in [0.2, 0.25) is 0 Å². The summed E-state index contributed by atoms with van der Waals surface area (Å²) in [6.07, 6.45) is 6.37. The van der Waals surface area contributed by atoms with Crippen LogP contribution in [-0.2, 0) is 24.8 Å². The maximum absolute atomic E-state index is 15.2. The van der Waals surface area contributed by atoms with Crippen molar-refractivity contribution in [3.8, 4) is 11.3 Å². The van der Waals surface area contributed by atoms with Gasteiger partial charge in [0.1, 0.15) is 12.1 Å². The van der Waals surface area contributed by atoms with Crippen molar-refractivity contribution < 1.29 is 9.13 Å². The molecule has 35 heavy (non-hydrogen) atoms. The van der Waals surface area contributed by atoms with E-state index in [4.69, 9.17) is 16.3 Å². The fourth-order valence-corrected chi connectivity index (χ4v) is 4.28. The van der Waals surface area contributed by atoms with Crippen molar-refractivity contribution in [2.45, 2.75) is 45.8 Å². The molecule has 0 saturated heterocycles. The lowest BCUT2D eigenvalue weighted by Crippen LogP contribution is -2.38. The van der Waals surface area contributed by atoms with Crippen LogP contribution in [0, 0.1) is 5.82 Å². The monoisotopic (exact) mass is 499 g/mol. The number of fused-ring (bicyclic) bond motifs is 1. The normalized spacial score (nSPS) is 12.4. The molecular weight excluding hydrogens is 473 g/mol. The molecule has 8 nitrogen and oxygen atoms in total. The SMILES string of the molecule is CCCOC(CC)Cc1c(F)cc(Cl)cc1-c1ncnn2cc(Cn3c(=O)ccn(C)c3=O)cc12. The number of aryl methyl sites for hydroxylation is 1. The van der Waals surface area contributed by atoms with Crippen molar-refractivity contribution in [1.82, 2.24) is 23.7 Å². The second kappa shape index (κ2) is 10.5. The largest absolute Gasteiger partial charge is 0.378 e. The molecule has 1 atom stereocenters. The minimum atomic E-state index is -0.422. The highest BCUT2D eigenvalue weighted by atomic mass is 35.5. The summed E-state index contributed by atoms with van der Waals surface area (Å²) in [6.45, 7) is 4.70. The van der Waals surface area contributed by atoms with Gasteiger partial charge in [-0.3, -0.25) is 9.36 Å². The summed E-state index contributed by atoms with van der Waals surface area (Å²) in [6, 6.07) is 6.13. The average molecular weight is 500 g/mol. The minimum Gasteiger partial charge on any atom is -0.378 e. The van der Waals surface area contributed by atoms with E-state index in [9.17, 15) is 9.59 Å². The zero-order valence-corrected chi connectivity index (χ0v) is 20.6. The number of benzene rings is 1. The second-order valence-electron chi connectivity index (χ2n) is 8.44. The van der Waals surface area contributed by atoms with Gasteiger partial charge in [0.15, 0.2) is 0 Å². The summed E-state index contributed by atoms with van der Waals surface area (Å²) in [4.78, 5) is 29.2. The van der Waals surface area contributed by atoms with E-state index >= 15 is 4.39 Å². The van der Waals surface area contributed by atoms with Crippen molar-refractivity contribution in [1.29, 1.82) is 0 Å². The topological polar surface area (TPSA) is 83.4 Å². The van der Waals surface area contributed by atoms with Crippen molar-refractivity contribution in [3.05, 3.63) is 85.8 Å². The Bertz CT molecular complexity index is 1480. The molecule has 0 aliphatic heterocycles. The van der Waals surface area contributed by atoms with Crippen LogP contribution in [-0.4, -0.2) is 36.4 Å². The van der Waals surface area contributed by atoms with Crippen LogP contribution in [0.2, 0.25) is 5.02 Å². The van der Waals surface area contributed by atoms with E-state index in [1.165, 1.54) is 29.2 Å². The van der Waals surface area contributed by atoms with Gasteiger partial charge in [-0.05, 0) is 42.2 Å². The molecule has 0 spiro atoms. The summed E-state index contributed by atoms with van der Waals surface area (Å²) < 4.78 is 25.2. The smallest absolute Gasteiger partial charge is 0.331 e. The van der Waals surface area contributed by atoms with Crippen LogP contribution in [0.25, 0.3) is 16.8 Å². The molecule has 10 heteroatoms. The molecule has 0 bridgehead atoms. The lowest BCUT2D eigenvalue weighted by Gasteiger charge is -2.19. The number of rotatable bonds is 9. The lowest BCUT2D eigenvalue weighted by atomic mass is 9.97. The average Bonchev–Trinajstić information content (AvgIpc) is 3.25. The fraction of sp³-hybridized carbons (Fsp3) is 0.360. The van der Waals surface area contributed by atoms with E-state index < -0.39 is 17.1 Å². The van der Waals surface area contributed by atoms with Gasteiger partial charge in [-0.25, -0.2) is 18.7 Å². The zero-order valence-electron chi connectivity index (χ0n) is 19.9. The molecule has 184 valence electrons. The molecule has 0 saturated carbocycles. The predicted molar refractivity (Wildman–Crippen MR) is 132 cm³/mol. The van der Waals surface area contributed by atoms with Gasteiger partial charge in [-0.2, -0.15) is 5.10 Å². The first-order chi connectivity index (χ1) is 16.8. The van der Waals surface area contributed by atoms with E-state index in [-0.39, 0.29) is 17.7 Å². The van der Waals surface area contributed by atoms with Gasteiger partial charge in [-0.15, -0.1) is 0 Å². The molecule has 0 N–H and O–H groups in total. The van der Waals surface area contributed by atoms with E-state index in [0.29, 0.717) is 40.9 Å². The predicted octanol–water partition coefficient (Wildman–Crippen LogP) is 3.85. The maximum atomic E-state index is 15.2. The first-order valence-electron chi connectivity index (χ1n) is 11.5. The highest BCUT2D eigenvalue weighted by Gasteiger charge is 2.20. The highest BCUT2D eigenvalue weighted by Crippen LogP contribution is 2.32. The first kappa shape index (κ1) is 24.8. The summed E-state index contributed by atoms with van der Waals surface area (Å²) in [5, 5.41) is 4.52. The van der Waals surface area contributed by atoms with E-state index in [1.807, 2.05) is 13.8 Å². The fourth-order valence-electron chi connectivity index (χ4n) is 4.07. The third-order valence-corrected chi connectivity index (χ3v) is 6.12. The summed E-state index contributed by atoms with van der Waals surface area (Å²) >= 11 is 6.24. The molecule has 4 aromatic rings. The third-order valence-electron chi connectivity index (χ3n) is 5.90. The maximum Gasteiger partial charge on any atom is 0.331 e. The Morgan fingerprint density at radius 3 is 2.74 bits per heavy atom. The molecule has 3 heterocycles. The molecule has 0 fully saturated rings. The molecule has 0 aliphatic rings. The highest BCUT2D eigenvalue weighted by molar-refractivity contribution is 6.31. The number of hydrogen-bond acceptors (Lipinski definition) is 5. The number of ether oxygens (including phenoxy) is 1. The minimum absolute atomic E-state index is 0.0642. The second-order valence-corrected chi connectivity index (χ2v) is 8.88. The molecular formula is C25H27ClFN5O3. The van der Waals surface area contributed by atoms with E-state index in [1.54, 1.807) is 29.9 Å². The van der Waals surface area contributed by atoms with Crippen LogP contribution < -0.4 is 11.2 Å². The Hall–Kier alpha value is -3.30. The van der Waals surface area contributed by atoms with Gasteiger partial charge in [0.25, 0.3) is 5.56 Å². The van der Waals surface area contributed by atoms with E-state index in [2.05, 4.69) is 10.1 Å². The molecule has 4 rings (SSSR count). The standard InChI is InChI=1S/C25H27ClFN5O3/c1-4-8-35-18(5-2)12-19-20(10-17(26)11-21(19)27)24-22-9-16(14-32(22)29-15-28-24)13-31-23(33)6-7-30(3)25(31)34/h6-7,9-11,14-15,18H,4-5,8,12-13H2,1-3H3. The number of aromatic nitrogens is 5. The summed E-state index contributed by atoms with van der Waals surface area (Å²) in [7, 11) is 1.58. The summed E-state index contributed by atoms with van der Waals surface area (Å²) in [5.74, 6) is -0.422. The zero-order chi connectivity index (χ0) is 25.1. The quantitative estimate of drug-likeness (QED) is 0.349. The van der Waals surface area contributed by atoms with Crippen molar-refractivity contribution >= 4 is 17.1 Å². The molecule has 0 aliphatic carbocycles. The molecule has 0 radical (unpaired) electrons. The molecule has 0 amide bonds. The van der Waals surface area contributed by atoms with Crippen molar-refractivity contribution in [2.75, 3.05) is 6.61 Å². The van der Waals surface area contributed by atoms with Crippen LogP contribution in [0.3, 0.4) is 0 Å². The van der Waals surface area contributed by atoms with Gasteiger partial charge in [0, 0.05) is 49.1 Å². The molecule has 3 aromatic heterocycles. The van der Waals surface area contributed by atoms with Crippen LogP contribution in [0.5, 0.6) is 0 Å². The van der Waals surface area contributed by atoms with Crippen LogP contribution in [0.4, 0.5) is 4.39 Å². The first-order valence-corrected chi connectivity index (χ1v) is 11.9. The third kappa shape index (κ3) is 5.21. The van der Waals surface area contributed by atoms with Gasteiger partial charge in [0.05, 0.1) is 23.9 Å². The van der Waals surface area contributed by atoms with Crippen molar-refractivity contribution in [2.24, 2.45) is 7.05 Å². The van der Waals surface area contributed by atoms with Gasteiger partial charge < -0.3 is 9.30 Å². The van der Waals surface area contributed by atoms with Crippen LogP contribution in [0.15, 0.2) is 52.6 Å². The lowest BCUT2D eigenvalue weighted by molar-refractivity contribution is 0.0510. The Morgan fingerprint density at radius 1 is 1.20 bits per heavy atom. The van der Waals surface area contributed by atoms with Gasteiger partial charge in [-0.1, -0.05) is 25.4 Å². The Morgan fingerprint density at radius 2 is 2.00 bits per heavy atom. The van der Waals surface area contributed by atoms with Gasteiger partial charge >= 0.3 is 5.69 Å². The number of hydrogen-bond donors (Lipinski definition) is 0. The number of nitrogens with zero attached hydrogens (tertiary/aromatic N) is 5. The molecule has 1 unspecified atom stereocenters. The van der Waals surface area contributed by atoms with Crippen LogP contribution in [0.1, 0.15) is 37.8 Å². The van der Waals surface area contributed by atoms with E-state index in [0.717, 1.165) is 17.4 Å². The Kier molecular flexibility index (Phi) is 7.47. The molecule has 1 aromatic carbocycles.